The van der Waals surface area contributed by atoms with Crippen LogP contribution in [0.3, 0.4) is 0 Å². The summed E-state index contributed by atoms with van der Waals surface area (Å²) in [5.74, 6) is -0.271. The van der Waals surface area contributed by atoms with E-state index < -0.39 is 0 Å². The molecule has 23 heavy (non-hydrogen) atoms. The molecule has 1 amide bonds. The van der Waals surface area contributed by atoms with Crippen molar-refractivity contribution in [3.8, 4) is 0 Å². The lowest BCUT2D eigenvalue weighted by molar-refractivity contribution is 0.102. The molecule has 0 aromatic carbocycles. The van der Waals surface area contributed by atoms with E-state index in [4.69, 9.17) is 0 Å². The van der Waals surface area contributed by atoms with Crippen LogP contribution in [0.15, 0.2) is 22.9 Å². The molecule has 3 rings (SSSR count). The molecule has 0 aliphatic carbocycles. The van der Waals surface area contributed by atoms with E-state index in [9.17, 15) is 4.79 Å². The van der Waals surface area contributed by atoms with Gasteiger partial charge in [0.25, 0.3) is 5.91 Å². The quantitative estimate of drug-likeness (QED) is 0.737. The summed E-state index contributed by atoms with van der Waals surface area (Å²) in [4.78, 5) is 17.3. The molecule has 0 aliphatic rings. The number of nitrogens with one attached hydrogen (secondary N) is 1. The zero-order chi connectivity index (χ0) is 16.6. The predicted octanol–water partition coefficient (Wildman–Crippen LogP) is 2.98. The van der Waals surface area contributed by atoms with Crippen molar-refractivity contribution in [1.29, 1.82) is 0 Å². The Hall–Kier alpha value is -2.00. The van der Waals surface area contributed by atoms with Gasteiger partial charge in [0.05, 0.1) is 15.9 Å². The number of hydrogen-bond acceptors (Lipinski definition) is 5. The number of amides is 1. The second-order valence-corrected chi connectivity index (χ2v) is 7.12. The maximum Gasteiger partial charge on any atom is 0.277 e. The highest BCUT2D eigenvalue weighted by molar-refractivity contribution is 9.10. The largest absolute Gasteiger partial charge is 0.296 e. The van der Waals surface area contributed by atoms with Gasteiger partial charge in [0.1, 0.15) is 6.67 Å². The Morgan fingerprint density at radius 2 is 2.13 bits per heavy atom. The smallest absolute Gasteiger partial charge is 0.277 e. The summed E-state index contributed by atoms with van der Waals surface area (Å²) in [5, 5.41) is 12.0. The van der Waals surface area contributed by atoms with Gasteiger partial charge in [0, 0.05) is 17.3 Å². The molecular formula is C14H15BrN6OS. The molecule has 9 heteroatoms. The van der Waals surface area contributed by atoms with Crippen LogP contribution < -0.4 is 5.32 Å². The third-order valence-corrected chi connectivity index (χ3v) is 5.26. The molecule has 3 aromatic heterocycles. The molecule has 0 saturated carbocycles. The van der Waals surface area contributed by atoms with E-state index in [1.807, 2.05) is 25.5 Å². The van der Waals surface area contributed by atoms with Crippen molar-refractivity contribution in [3.05, 3.63) is 44.9 Å². The highest BCUT2D eigenvalue weighted by Crippen LogP contribution is 2.20. The Kier molecular flexibility index (Phi) is 4.31. The van der Waals surface area contributed by atoms with Crippen LogP contribution in [0.1, 0.15) is 26.8 Å². The predicted molar refractivity (Wildman–Crippen MR) is 91.8 cm³/mol. The van der Waals surface area contributed by atoms with Crippen LogP contribution in [0.5, 0.6) is 0 Å². The second kappa shape index (κ2) is 6.25. The van der Waals surface area contributed by atoms with Crippen LogP contribution in [-0.2, 0) is 6.67 Å². The maximum atomic E-state index is 12.2. The van der Waals surface area contributed by atoms with Crippen molar-refractivity contribution < 1.29 is 4.79 Å². The summed E-state index contributed by atoms with van der Waals surface area (Å²) in [5.41, 5.74) is 2.28. The summed E-state index contributed by atoms with van der Waals surface area (Å²) in [6.45, 7) is 6.30. The number of carbonyl (C=O) groups excluding carboxylic acids is 1. The van der Waals surface area contributed by atoms with Crippen molar-refractivity contribution in [1.82, 2.24) is 24.5 Å². The summed E-state index contributed by atoms with van der Waals surface area (Å²) in [7, 11) is 0. The number of nitrogens with zero attached hydrogens (tertiary/aromatic N) is 5. The molecule has 0 bridgehead atoms. The SMILES string of the molecule is Cc1cnc(NC(=O)c2ccn(Cn3nc(C)c(Br)c3C)n2)s1. The van der Waals surface area contributed by atoms with Crippen molar-refractivity contribution in [2.45, 2.75) is 27.4 Å². The Labute approximate surface area is 145 Å². The molecule has 0 aliphatic heterocycles. The van der Waals surface area contributed by atoms with Gasteiger partial charge in [-0.05, 0) is 42.8 Å². The van der Waals surface area contributed by atoms with Crippen LogP contribution >= 0.6 is 27.3 Å². The summed E-state index contributed by atoms with van der Waals surface area (Å²) in [6, 6.07) is 1.68. The van der Waals surface area contributed by atoms with Crippen LogP contribution in [0, 0.1) is 20.8 Å². The van der Waals surface area contributed by atoms with Gasteiger partial charge in [0.2, 0.25) is 0 Å². The minimum Gasteiger partial charge on any atom is -0.296 e. The van der Waals surface area contributed by atoms with E-state index in [0.717, 1.165) is 20.7 Å². The molecule has 120 valence electrons. The van der Waals surface area contributed by atoms with Crippen LogP contribution in [-0.4, -0.2) is 30.5 Å². The van der Waals surface area contributed by atoms with Crippen molar-refractivity contribution in [3.63, 3.8) is 0 Å². The first kappa shape index (κ1) is 15.9. The Morgan fingerprint density at radius 1 is 1.35 bits per heavy atom. The summed E-state index contributed by atoms with van der Waals surface area (Å²) in [6.07, 6.45) is 3.48. The number of aryl methyl sites for hydroxylation is 2. The van der Waals surface area contributed by atoms with E-state index in [1.54, 1.807) is 23.1 Å². The molecule has 0 atom stereocenters. The number of rotatable bonds is 4. The molecule has 0 radical (unpaired) electrons. The Balaban J connectivity index is 1.72. The van der Waals surface area contributed by atoms with Gasteiger partial charge in [-0.15, -0.1) is 11.3 Å². The van der Waals surface area contributed by atoms with Crippen molar-refractivity contribution in [2.75, 3.05) is 5.32 Å². The van der Waals surface area contributed by atoms with Crippen LogP contribution in [0.25, 0.3) is 0 Å². The zero-order valence-corrected chi connectivity index (χ0v) is 15.3. The highest BCUT2D eigenvalue weighted by atomic mass is 79.9. The van der Waals surface area contributed by atoms with E-state index >= 15 is 0 Å². The molecule has 0 unspecified atom stereocenters. The number of carbonyl (C=O) groups is 1. The van der Waals surface area contributed by atoms with E-state index in [-0.39, 0.29) is 5.91 Å². The van der Waals surface area contributed by atoms with Crippen LogP contribution in [0.4, 0.5) is 5.13 Å². The standard InChI is InChI=1S/C14H15BrN6OS/c1-8-6-16-14(23-8)17-13(22)11-4-5-20(19-11)7-21-10(3)12(15)9(2)18-21/h4-6H,7H2,1-3H3,(H,16,17,22). The third kappa shape index (κ3) is 3.35. The summed E-state index contributed by atoms with van der Waals surface area (Å²) >= 11 is 4.93. The lowest BCUT2D eigenvalue weighted by atomic mass is 10.4. The van der Waals surface area contributed by atoms with Gasteiger partial charge < -0.3 is 0 Å². The van der Waals surface area contributed by atoms with Gasteiger partial charge in [-0.25, -0.2) is 9.67 Å². The fourth-order valence-electron chi connectivity index (χ4n) is 2.09. The van der Waals surface area contributed by atoms with E-state index in [2.05, 4.69) is 36.4 Å². The topological polar surface area (TPSA) is 77.6 Å². The first-order valence-corrected chi connectivity index (χ1v) is 8.51. The molecule has 0 saturated heterocycles. The minimum absolute atomic E-state index is 0.271. The van der Waals surface area contributed by atoms with Gasteiger partial charge in [-0.1, -0.05) is 0 Å². The lowest BCUT2D eigenvalue weighted by Gasteiger charge is -2.04. The molecule has 7 nitrogen and oxygen atoms in total. The first-order valence-electron chi connectivity index (χ1n) is 6.91. The monoisotopic (exact) mass is 394 g/mol. The second-order valence-electron chi connectivity index (χ2n) is 5.10. The molecule has 3 aromatic rings. The number of hydrogen-bond donors (Lipinski definition) is 1. The fourth-order valence-corrected chi connectivity index (χ4v) is 3.03. The van der Waals surface area contributed by atoms with Gasteiger partial charge >= 0.3 is 0 Å². The average molecular weight is 395 g/mol. The van der Waals surface area contributed by atoms with E-state index in [0.29, 0.717) is 17.5 Å². The highest BCUT2D eigenvalue weighted by Gasteiger charge is 2.13. The van der Waals surface area contributed by atoms with Crippen LogP contribution in [0.2, 0.25) is 0 Å². The maximum absolute atomic E-state index is 12.2. The third-order valence-electron chi connectivity index (χ3n) is 3.29. The number of thiazole rings is 1. The number of halogens is 1. The Bertz CT molecular complexity index is 865. The Morgan fingerprint density at radius 3 is 2.74 bits per heavy atom. The van der Waals surface area contributed by atoms with E-state index in [1.165, 1.54) is 11.3 Å². The molecule has 0 fully saturated rings. The number of anilines is 1. The van der Waals surface area contributed by atoms with Gasteiger partial charge in [0.15, 0.2) is 10.8 Å². The fraction of sp³-hybridized carbons (Fsp3) is 0.286. The molecule has 0 spiro atoms. The number of aromatic nitrogens is 5. The molecular weight excluding hydrogens is 380 g/mol. The van der Waals surface area contributed by atoms with Gasteiger partial charge in [-0.3, -0.25) is 14.8 Å². The zero-order valence-electron chi connectivity index (χ0n) is 12.9. The van der Waals surface area contributed by atoms with Crippen molar-refractivity contribution >= 4 is 38.3 Å². The lowest BCUT2D eigenvalue weighted by Crippen LogP contribution is -2.15. The van der Waals surface area contributed by atoms with Crippen molar-refractivity contribution in [2.24, 2.45) is 0 Å². The minimum atomic E-state index is -0.271. The van der Waals surface area contributed by atoms with Gasteiger partial charge in [-0.2, -0.15) is 10.2 Å². The summed E-state index contributed by atoms with van der Waals surface area (Å²) < 4.78 is 4.49. The normalized spacial score (nSPS) is 11.0. The molecule has 1 N–H and O–H groups in total. The first-order chi connectivity index (χ1) is 10.9. The molecule has 3 heterocycles. The average Bonchev–Trinajstić information content (AvgIpc) is 3.18.